The maximum atomic E-state index is 5.74. The first-order chi connectivity index (χ1) is 9.62. The van der Waals surface area contributed by atoms with E-state index in [1.54, 1.807) is 21.3 Å². The molecule has 1 N–H and O–H groups in total. The van der Waals surface area contributed by atoms with Gasteiger partial charge in [-0.25, -0.2) is 0 Å². The maximum Gasteiger partial charge on any atom is 0.176 e. The van der Waals surface area contributed by atoms with Crippen LogP contribution >= 0.6 is 0 Å². The minimum absolute atomic E-state index is 0.00233. The molecule has 1 unspecified atom stereocenters. The van der Waals surface area contributed by atoms with E-state index in [0.717, 1.165) is 17.0 Å². The SMILES string of the molecule is COCCOc1cc(C)ccc1NC(C)C(OC)OC. The van der Waals surface area contributed by atoms with Gasteiger partial charge >= 0.3 is 0 Å². The highest BCUT2D eigenvalue weighted by Gasteiger charge is 2.17. The fourth-order valence-corrected chi connectivity index (χ4v) is 1.92. The zero-order valence-electron chi connectivity index (χ0n) is 12.9. The van der Waals surface area contributed by atoms with E-state index in [2.05, 4.69) is 5.32 Å². The highest BCUT2D eigenvalue weighted by atomic mass is 16.7. The third-order valence-corrected chi connectivity index (χ3v) is 2.94. The zero-order valence-corrected chi connectivity index (χ0v) is 12.9. The van der Waals surface area contributed by atoms with Crippen molar-refractivity contribution in [3.63, 3.8) is 0 Å². The largest absolute Gasteiger partial charge is 0.489 e. The number of ether oxygens (including phenoxy) is 4. The Kier molecular flexibility index (Phi) is 7.36. The summed E-state index contributed by atoms with van der Waals surface area (Å²) >= 11 is 0. The van der Waals surface area contributed by atoms with Crippen LogP contribution in [-0.4, -0.2) is 46.9 Å². The van der Waals surface area contributed by atoms with Crippen molar-refractivity contribution in [1.82, 2.24) is 0 Å². The number of benzene rings is 1. The first kappa shape index (κ1) is 16.8. The fraction of sp³-hybridized carbons (Fsp3) is 0.600. The van der Waals surface area contributed by atoms with Crippen molar-refractivity contribution in [2.24, 2.45) is 0 Å². The standard InChI is InChI=1S/C15H25NO4/c1-11-6-7-13(14(10-11)20-9-8-17-3)16-12(2)15(18-4)19-5/h6-7,10,12,15-16H,8-9H2,1-5H3. The first-order valence-corrected chi connectivity index (χ1v) is 6.67. The van der Waals surface area contributed by atoms with E-state index < -0.39 is 0 Å². The van der Waals surface area contributed by atoms with E-state index in [4.69, 9.17) is 18.9 Å². The molecule has 1 aromatic carbocycles. The Morgan fingerprint density at radius 1 is 1.10 bits per heavy atom. The number of rotatable bonds is 9. The van der Waals surface area contributed by atoms with Crippen LogP contribution in [-0.2, 0) is 14.2 Å². The zero-order chi connectivity index (χ0) is 15.0. The number of anilines is 1. The molecule has 114 valence electrons. The lowest BCUT2D eigenvalue weighted by Gasteiger charge is -2.24. The van der Waals surface area contributed by atoms with Crippen LogP contribution in [0.3, 0.4) is 0 Å². The molecule has 1 atom stereocenters. The highest BCUT2D eigenvalue weighted by Crippen LogP contribution is 2.27. The van der Waals surface area contributed by atoms with Crippen molar-refractivity contribution in [3.8, 4) is 5.75 Å². The molecule has 5 heteroatoms. The van der Waals surface area contributed by atoms with Gasteiger partial charge in [-0.3, -0.25) is 0 Å². The Balaban J connectivity index is 2.77. The van der Waals surface area contributed by atoms with E-state index in [9.17, 15) is 0 Å². The molecule has 0 bridgehead atoms. The van der Waals surface area contributed by atoms with Crippen LogP contribution in [0, 0.1) is 6.92 Å². The quantitative estimate of drug-likeness (QED) is 0.557. The van der Waals surface area contributed by atoms with E-state index >= 15 is 0 Å². The molecule has 0 amide bonds. The van der Waals surface area contributed by atoms with Crippen molar-refractivity contribution < 1.29 is 18.9 Å². The van der Waals surface area contributed by atoms with E-state index in [0.29, 0.717) is 13.2 Å². The molecule has 0 spiro atoms. The average molecular weight is 283 g/mol. The van der Waals surface area contributed by atoms with Gasteiger partial charge in [0.2, 0.25) is 0 Å². The molecule has 0 aliphatic carbocycles. The number of aryl methyl sites for hydroxylation is 1. The molecule has 0 aliphatic rings. The Morgan fingerprint density at radius 2 is 1.80 bits per heavy atom. The molecular weight excluding hydrogens is 258 g/mol. The van der Waals surface area contributed by atoms with Gasteiger partial charge in [0, 0.05) is 21.3 Å². The normalized spacial score (nSPS) is 12.5. The van der Waals surface area contributed by atoms with Crippen LogP contribution in [0.4, 0.5) is 5.69 Å². The summed E-state index contributed by atoms with van der Waals surface area (Å²) in [5, 5.41) is 3.35. The summed E-state index contributed by atoms with van der Waals surface area (Å²) in [6.45, 7) is 5.10. The van der Waals surface area contributed by atoms with E-state index in [1.807, 2.05) is 32.0 Å². The summed E-state index contributed by atoms with van der Waals surface area (Å²) in [5.41, 5.74) is 2.06. The topological polar surface area (TPSA) is 49.0 Å². The van der Waals surface area contributed by atoms with Crippen LogP contribution in [0.2, 0.25) is 0 Å². The van der Waals surface area contributed by atoms with Crippen LogP contribution < -0.4 is 10.1 Å². The predicted octanol–water partition coefficient (Wildman–Crippen LogP) is 2.44. The van der Waals surface area contributed by atoms with Crippen molar-refractivity contribution in [2.75, 3.05) is 39.9 Å². The molecule has 0 radical (unpaired) electrons. The first-order valence-electron chi connectivity index (χ1n) is 6.67. The smallest absolute Gasteiger partial charge is 0.176 e. The lowest BCUT2D eigenvalue weighted by atomic mass is 10.2. The summed E-state index contributed by atoms with van der Waals surface area (Å²) in [7, 11) is 4.90. The summed E-state index contributed by atoms with van der Waals surface area (Å²) in [6.07, 6.45) is -0.317. The van der Waals surface area contributed by atoms with E-state index in [1.165, 1.54) is 0 Å². The summed E-state index contributed by atoms with van der Waals surface area (Å²) in [5.74, 6) is 0.805. The van der Waals surface area contributed by atoms with Gasteiger partial charge in [-0.2, -0.15) is 0 Å². The second kappa shape index (κ2) is 8.79. The molecule has 0 heterocycles. The van der Waals surface area contributed by atoms with Crippen LogP contribution in [0.5, 0.6) is 5.75 Å². The monoisotopic (exact) mass is 283 g/mol. The van der Waals surface area contributed by atoms with Gasteiger partial charge in [-0.15, -0.1) is 0 Å². The fourth-order valence-electron chi connectivity index (χ4n) is 1.92. The number of hydrogen-bond donors (Lipinski definition) is 1. The van der Waals surface area contributed by atoms with Gasteiger partial charge in [0.25, 0.3) is 0 Å². The molecule has 1 aromatic rings. The number of nitrogens with one attached hydrogen (secondary N) is 1. The minimum Gasteiger partial charge on any atom is -0.489 e. The minimum atomic E-state index is -0.317. The van der Waals surface area contributed by atoms with Gasteiger partial charge in [0.15, 0.2) is 6.29 Å². The Bertz CT molecular complexity index is 393. The number of methoxy groups -OCH3 is 3. The molecule has 5 nitrogen and oxygen atoms in total. The lowest BCUT2D eigenvalue weighted by Crippen LogP contribution is -2.33. The Hall–Kier alpha value is -1.30. The van der Waals surface area contributed by atoms with Gasteiger partial charge in [-0.05, 0) is 31.5 Å². The molecule has 0 fully saturated rings. The second-order valence-corrected chi connectivity index (χ2v) is 4.61. The summed E-state index contributed by atoms with van der Waals surface area (Å²) in [4.78, 5) is 0. The number of hydrogen-bond acceptors (Lipinski definition) is 5. The molecule has 20 heavy (non-hydrogen) atoms. The predicted molar refractivity (Wildman–Crippen MR) is 79.4 cm³/mol. The molecule has 0 saturated heterocycles. The summed E-state index contributed by atoms with van der Waals surface area (Å²) in [6, 6.07) is 6.03. The lowest BCUT2D eigenvalue weighted by molar-refractivity contribution is -0.109. The molecule has 0 aromatic heterocycles. The molecular formula is C15H25NO4. The van der Waals surface area contributed by atoms with Crippen molar-refractivity contribution in [2.45, 2.75) is 26.2 Å². The molecule has 0 aliphatic heterocycles. The Morgan fingerprint density at radius 3 is 2.40 bits per heavy atom. The van der Waals surface area contributed by atoms with Crippen molar-refractivity contribution in [3.05, 3.63) is 23.8 Å². The van der Waals surface area contributed by atoms with Gasteiger partial charge in [-0.1, -0.05) is 6.07 Å². The molecule has 1 rings (SSSR count). The maximum absolute atomic E-state index is 5.74. The average Bonchev–Trinajstić information content (AvgIpc) is 2.43. The third kappa shape index (κ3) is 5.00. The van der Waals surface area contributed by atoms with Gasteiger partial charge in [0.05, 0.1) is 18.3 Å². The van der Waals surface area contributed by atoms with Crippen LogP contribution in [0.15, 0.2) is 18.2 Å². The van der Waals surface area contributed by atoms with Crippen molar-refractivity contribution >= 4 is 5.69 Å². The van der Waals surface area contributed by atoms with E-state index in [-0.39, 0.29) is 12.3 Å². The van der Waals surface area contributed by atoms with Crippen molar-refractivity contribution in [1.29, 1.82) is 0 Å². The van der Waals surface area contributed by atoms with Crippen LogP contribution in [0.25, 0.3) is 0 Å². The Labute approximate surface area is 121 Å². The van der Waals surface area contributed by atoms with Crippen LogP contribution in [0.1, 0.15) is 12.5 Å². The summed E-state index contributed by atoms with van der Waals surface area (Å²) < 4.78 is 21.2. The molecule has 0 saturated carbocycles. The second-order valence-electron chi connectivity index (χ2n) is 4.61. The highest BCUT2D eigenvalue weighted by molar-refractivity contribution is 5.58. The van der Waals surface area contributed by atoms with Gasteiger partial charge < -0.3 is 24.3 Å². The third-order valence-electron chi connectivity index (χ3n) is 2.94. The van der Waals surface area contributed by atoms with Gasteiger partial charge in [0.1, 0.15) is 12.4 Å².